The number of amides is 1. The van der Waals surface area contributed by atoms with E-state index in [2.05, 4.69) is 10.1 Å². The second-order valence-corrected chi connectivity index (χ2v) is 5.10. The van der Waals surface area contributed by atoms with Crippen molar-refractivity contribution < 1.29 is 23.4 Å². The molecule has 21 heavy (non-hydrogen) atoms. The Morgan fingerprint density at radius 2 is 2.00 bits per heavy atom. The fraction of sp³-hybridized carbons (Fsp3) is 0.214. The summed E-state index contributed by atoms with van der Waals surface area (Å²) in [4.78, 5) is 12.3. The van der Waals surface area contributed by atoms with Crippen molar-refractivity contribution in [1.29, 1.82) is 0 Å². The minimum absolute atomic E-state index is 0.0172. The standard InChI is InChI=1S/C14H13F2NO3S/c15-14(16)20-10-5-3-9(4-6-10)11(18)8-17-13(19)12-2-1-7-21-12/h1-7,11,14,18H,8H2,(H,17,19). The Balaban J connectivity index is 1.88. The summed E-state index contributed by atoms with van der Waals surface area (Å²) in [6.07, 6.45) is -0.922. The van der Waals surface area contributed by atoms with E-state index in [0.717, 1.165) is 0 Å². The molecule has 0 radical (unpaired) electrons. The zero-order valence-electron chi connectivity index (χ0n) is 10.8. The highest BCUT2D eigenvalue weighted by molar-refractivity contribution is 7.12. The van der Waals surface area contributed by atoms with Gasteiger partial charge in [-0.3, -0.25) is 4.79 Å². The van der Waals surface area contributed by atoms with Gasteiger partial charge in [-0.15, -0.1) is 11.3 Å². The van der Waals surface area contributed by atoms with Crippen molar-refractivity contribution in [2.75, 3.05) is 6.54 Å². The number of aliphatic hydroxyl groups excluding tert-OH is 1. The van der Waals surface area contributed by atoms with Crippen LogP contribution in [0.3, 0.4) is 0 Å². The Hall–Kier alpha value is -1.99. The number of halogens is 2. The maximum absolute atomic E-state index is 12.0. The fourth-order valence-corrected chi connectivity index (χ4v) is 2.31. The highest BCUT2D eigenvalue weighted by Gasteiger charge is 2.12. The lowest BCUT2D eigenvalue weighted by Gasteiger charge is -2.12. The van der Waals surface area contributed by atoms with E-state index >= 15 is 0 Å². The third kappa shape index (κ3) is 4.51. The van der Waals surface area contributed by atoms with Crippen molar-refractivity contribution in [2.24, 2.45) is 0 Å². The zero-order chi connectivity index (χ0) is 15.2. The van der Waals surface area contributed by atoms with Crippen LogP contribution in [0.25, 0.3) is 0 Å². The average Bonchev–Trinajstić information content (AvgIpc) is 2.99. The molecule has 1 heterocycles. The molecule has 112 valence electrons. The SMILES string of the molecule is O=C(NCC(O)c1ccc(OC(F)F)cc1)c1cccs1. The monoisotopic (exact) mass is 313 g/mol. The van der Waals surface area contributed by atoms with Crippen LogP contribution < -0.4 is 10.1 Å². The number of thiophene rings is 1. The second kappa shape index (κ2) is 7.14. The van der Waals surface area contributed by atoms with Crippen molar-refractivity contribution in [3.63, 3.8) is 0 Å². The van der Waals surface area contributed by atoms with Gasteiger partial charge in [-0.1, -0.05) is 18.2 Å². The number of carbonyl (C=O) groups excluding carboxylic acids is 1. The minimum atomic E-state index is -2.88. The lowest BCUT2D eigenvalue weighted by atomic mass is 10.1. The fourth-order valence-electron chi connectivity index (χ4n) is 1.67. The second-order valence-electron chi connectivity index (χ2n) is 4.15. The Bertz CT molecular complexity index is 572. The molecule has 0 bridgehead atoms. The predicted molar refractivity (Wildman–Crippen MR) is 74.7 cm³/mol. The van der Waals surface area contributed by atoms with E-state index in [4.69, 9.17) is 0 Å². The van der Waals surface area contributed by atoms with Crippen molar-refractivity contribution in [3.8, 4) is 5.75 Å². The third-order valence-electron chi connectivity index (χ3n) is 2.69. The van der Waals surface area contributed by atoms with Crippen LogP contribution in [0.15, 0.2) is 41.8 Å². The average molecular weight is 313 g/mol. The number of alkyl halides is 2. The predicted octanol–water partition coefficient (Wildman–Crippen LogP) is 2.81. The maximum Gasteiger partial charge on any atom is 0.387 e. The molecule has 0 aliphatic carbocycles. The molecule has 0 spiro atoms. The molecule has 7 heteroatoms. The smallest absolute Gasteiger partial charge is 0.387 e. The molecule has 1 amide bonds. The first kappa shape index (κ1) is 15.4. The molecule has 2 aromatic rings. The first-order valence-electron chi connectivity index (χ1n) is 6.11. The molecular formula is C14H13F2NO3S. The van der Waals surface area contributed by atoms with Crippen LogP contribution in [0, 0.1) is 0 Å². The third-order valence-corrected chi connectivity index (χ3v) is 3.56. The van der Waals surface area contributed by atoms with Crippen LogP contribution in [0.2, 0.25) is 0 Å². The molecule has 1 unspecified atom stereocenters. The minimum Gasteiger partial charge on any atom is -0.435 e. The summed E-state index contributed by atoms with van der Waals surface area (Å²) in [6.45, 7) is -2.85. The summed E-state index contributed by atoms with van der Waals surface area (Å²) >= 11 is 1.30. The van der Waals surface area contributed by atoms with Gasteiger partial charge in [0.2, 0.25) is 0 Å². The van der Waals surface area contributed by atoms with Gasteiger partial charge in [0.15, 0.2) is 0 Å². The van der Waals surface area contributed by atoms with E-state index in [0.29, 0.717) is 10.4 Å². The van der Waals surface area contributed by atoms with E-state index in [1.54, 1.807) is 17.5 Å². The molecule has 4 nitrogen and oxygen atoms in total. The Morgan fingerprint density at radius 1 is 1.29 bits per heavy atom. The van der Waals surface area contributed by atoms with Gasteiger partial charge in [0, 0.05) is 6.54 Å². The lowest BCUT2D eigenvalue weighted by molar-refractivity contribution is -0.0498. The van der Waals surface area contributed by atoms with Crippen LogP contribution >= 0.6 is 11.3 Å². The highest BCUT2D eigenvalue weighted by Crippen LogP contribution is 2.19. The van der Waals surface area contributed by atoms with Crippen LogP contribution in [0.4, 0.5) is 8.78 Å². The number of nitrogens with one attached hydrogen (secondary N) is 1. The van der Waals surface area contributed by atoms with Crippen molar-refractivity contribution in [1.82, 2.24) is 5.32 Å². The van der Waals surface area contributed by atoms with E-state index < -0.39 is 12.7 Å². The topological polar surface area (TPSA) is 58.6 Å². The van der Waals surface area contributed by atoms with E-state index in [1.165, 1.54) is 35.6 Å². The molecule has 2 rings (SSSR count). The van der Waals surface area contributed by atoms with Crippen LogP contribution in [-0.2, 0) is 0 Å². The van der Waals surface area contributed by atoms with Crippen LogP contribution in [0.5, 0.6) is 5.75 Å². The molecule has 1 aromatic heterocycles. The van der Waals surface area contributed by atoms with Crippen LogP contribution in [-0.4, -0.2) is 24.2 Å². The van der Waals surface area contributed by atoms with Gasteiger partial charge in [-0.25, -0.2) is 0 Å². The largest absolute Gasteiger partial charge is 0.435 e. The van der Waals surface area contributed by atoms with Gasteiger partial charge in [-0.2, -0.15) is 8.78 Å². The first-order chi connectivity index (χ1) is 10.1. The number of rotatable bonds is 6. The van der Waals surface area contributed by atoms with E-state index in [1.807, 2.05) is 0 Å². The van der Waals surface area contributed by atoms with Gasteiger partial charge in [0.25, 0.3) is 5.91 Å². The molecule has 0 fully saturated rings. The maximum atomic E-state index is 12.0. The number of aliphatic hydroxyl groups is 1. The lowest BCUT2D eigenvalue weighted by Crippen LogP contribution is -2.27. The molecule has 1 atom stereocenters. The number of hydrogen-bond acceptors (Lipinski definition) is 4. The van der Waals surface area contributed by atoms with Gasteiger partial charge in [0.05, 0.1) is 11.0 Å². The summed E-state index contributed by atoms with van der Waals surface area (Å²) in [5, 5.41) is 14.3. The van der Waals surface area contributed by atoms with E-state index in [9.17, 15) is 18.7 Å². The van der Waals surface area contributed by atoms with Gasteiger partial charge >= 0.3 is 6.61 Å². The van der Waals surface area contributed by atoms with Crippen molar-refractivity contribution in [3.05, 3.63) is 52.2 Å². The quantitative estimate of drug-likeness (QED) is 0.862. The molecular weight excluding hydrogens is 300 g/mol. The Kier molecular flexibility index (Phi) is 5.24. The number of ether oxygens (including phenoxy) is 1. The molecule has 0 saturated heterocycles. The van der Waals surface area contributed by atoms with E-state index in [-0.39, 0.29) is 18.2 Å². The Morgan fingerprint density at radius 3 is 2.57 bits per heavy atom. The molecule has 0 aliphatic heterocycles. The Labute approximate surface area is 124 Å². The molecule has 1 aromatic carbocycles. The first-order valence-corrected chi connectivity index (χ1v) is 6.99. The molecule has 0 saturated carbocycles. The highest BCUT2D eigenvalue weighted by atomic mass is 32.1. The summed E-state index contributed by atoms with van der Waals surface area (Å²) in [5.74, 6) is -0.245. The van der Waals surface area contributed by atoms with Gasteiger partial charge < -0.3 is 15.2 Å². The number of benzene rings is 1. The van der Waals surface area contributed by atoms with Crippen molar-refractivity contribution in [2.45, 2.75) is 12.7 Å². The summed E-state index contributed by atoms with van der Waals surface area (Å²) in [7, 11) is 0. The summed E-state index contributed by atoms with van der Waals surface area (Å²) in [6, 6.07) is 9.07. The normalized spacial score (nSPS) is 12.2. The van der Waals surface area contributed by atoms with Gasteiger partial charge in [-0.05, 0) is 29.1 Å². The summed E-state index contributed by atoms with van der Waals surface area (Å²) < 4.78 is 28.2. The molecule has 2 N–H and O–H groups in total. The van der Waals surface area contributed by atoms with Crippen molar-refractivity contribution >= 4 is 17.2 Å². The number of hydrogen-bond donors (Lipinski definition) is 2. The van der Waals surface area contributed by atoms with Crippen LogP contribution in [0.1, 0.15) is 21.3 Å². The summed E-state index contributed by atoms with van der Waals surface area (Å²) in [5.41, 5.74) is 0.503. The number of carbonyl (C=O) groups is 1. The molecule has 0 aliphatic rings. The van der Waals surface area contributed by atoms with Gasteiger partial charge in [0.1, 0.15) is 5.75 Å². The zero-order valence-corrected chi connectivity index (χ0v) is 11.6.